The quantitative estimate of drug-likeness (QED) is 0.369. The number of nitrogen functional groups attached to an aromatic ring is 1. The van der Waals surface area contributed by atoms with Crippen molar-refractivity contribution in [1.29, 1.82) is 0 Å². The van der Waals surface area contributed by atoms with Crippen LogP contribution in [0.5, 0.6) is 0 Å². The number of rotatable bonds is 5. The first-order valence-electron chi connectivity index (χ1n) is 5.47. The largest absolute Gasteiger partial charge is 0.456 e. The molecule has 7 nitrogen and oxygen atoms in total. The molecule has 0 bridgehead atoms. The van der Waals surface area contributed by atoms with E-state index in [4.69, 9.17) is 10.3 Å². The first kappa shape index (κ1) is 14.2. The summed E-state index contributed by atoms with van der Waals surface area (Å²) in [5.74, 6) is 5.28. The average Bonchev–Trinajstić information content (AvgIpc) is 2.69. The van der Waals surface area contributed by atoms with Gasteiger partial charge in [-0.3, -0.25) is 19.9 Å². The Morgan fingerprint density at radius 1 is 1.50 bits per heavy atom. The van der Waals surface area contributed by atoms with Crippen molar-refractivity contribution >= 4 is 11.8 Å². The number of hydrazine groups is 1. The van der Waals surface area contributed by atoms with Gasteiger partial charge >= 0.3 is 5.91 Å². The van der Waals surface area contributed by atoms with Crippen LogP contribution in [0.15, 0.2) is 10.5 Å². The minimum absolute atomic E-state index is 0.0708. The number of amides is 2. The summed E-state index contributed by atoms with van der Waals surface area (Å²) < 4.78 is 5.28. The van der Waals surface area contributed by atoms with Gasteiger partial charge in [0.1, 0.15) is 5.76 Å². The van der Waals surface area contributed by atoms with Gasteiger partial charge in [-0.2, -0.15) is 0 Å². The molecule has 1 heterocycles. The van der Waals surface area contributed by atoms with Gasteiger partial charge in [0.2, 0.25) is 5.91 Å². The molecule has 2 amide bonds. The molecule has 0 aliphatic heterocycles. The topological polar surface area (TPSA) is 101 Å². The SMILES string of the molecule is CNC(=O)CN(C)Cc1cc(C(=O)NN)oc1C. The lowest BCUT2D eigenvalue weighted by molar-refractivity contribution is -0.121. The smallest absolute Gasteiger partial charge is 0.300 e. The number of nitrogens with zero attached hydrogens (tertiary/aromatic N) is 1. The highest BCUT2D eigenvalue weighted by Crippen LogP contribution is 2.16. The third-order valence-corrected chi connectivity index (χ3v) is 2.51. The Morgan fingerprint density at radius 3 is 2.72 bits per heavy atom. The number of hydrogen-bond donors (Lipinski definition) is 3. The Morgan fingerprint density at radius 2 is 2.17 bits per heavy atom. The van der Waals surface area contributed by atoms with Crippen LogP contribution < -0.4 is 16.6 Å². The summed E-state index contributed by atoms with van der Waals surface area (Å²) in [5, 5.41) is 2.54. The fourth-order valence-corrected chi connectivity index (χ4v) is 1.53. The number of carbonyl (C=O) groups is 2. The number of aryl methyl sites for hydroxylation is 1. The Balaban J connectivity index is 2.70. The molecule has 0 saturated carbocycles. The molecule has 1 aromatic rings. The lowest BCUT2D eigenvalue weighted by atomic mass is 10.2. The van der Waals surface area contributed by atoms with Crippen LogP contribution in [-0.2, 0) is 11.3 Å². The molecule has 0 fully saturated rings. The highest BCUT2D eigenvalue weighted by Gasteiger charge is 2.15. The molecule has 100 valence electrons. The normalized spacial score (nSPS) is 10.5. The number of likely N-dealkylation sites (N-methyl/N-ethyl adjacent to an activating group) is 2. The van der Waals surface area contributed by atoms with Crippen LogP contribution in [0.4, 0.5) is 0 Å². The zero-order chi connectivity index (χ0) is 13.7. The van der Waals surface area contributed by atoms with Gasteiger partial charge in [0.25, 0.3) is 0 Å². The molecular formula is C11H18N4O3. The van der Waals surface area contributed by atoms with Crippen LogP contribution in [0, 0.1) is 6.92 Å². The molecule has 18 heavy (non-hydrogen) atoms. The highest BCUT2D eigenvalue weighted by molar-refractivity contribution is 5.91. The second-order valence-corrected chi connectivity index (χ2v) is 4.01. The molecule has 4 N–H and O–H groups in total. The summed E-state index contributed by atoms with van der Waals surface area (Å²) in [5.41, 5.74) is 2.85. The fraction of sp³-hybridized carbons (Fsp3) is 0.455. The second-order valence-electron chi connectivity index (χ2n) is 4.01. The summed E-state index contributed by atoms with van der Waals surface area (Å²) in [6.45, 7) is 2.55. The van der Waals surface area contributed by atoms with Gasteiger partial charge in [0.05, 0.1) is 6.54 Å². The van der Waals surface area contributed by atoms with Crippen LogP contribution in [0.1, 0.15) is 21.9 Å². The average molecular weight is 254 g/mol. The summed E-state index contributed by atoms with van der Waals surface area (Å²) in [6.07, 6.45) is 0. The predicted molar refractivity (Wildman–Crippen MR) is 65.5 cm³/mol. The first-order chi connectivity index (χ1) is 8.47. The second kappa shape index (κ2) is 6.18. The van der Waals surface area contributed by atoms with E-state index in [1.807, 2.05) is 17.4 Å². The lowest BCUT2D eigenvalue weighted by Gasteiger charge is -2.14. The van der Waals surface area contributed by atoms with Crippen molar-refractivity contribution in [1.82, 2.24) is 15.6 Å². The molecule has 0 aromatic carbocycles. The molecular weight excluding hydrogens is 236 g/mol. The van der Waals surface area contributed by atoms with Crippen LogP contribution in [-0.4, -0.2) is 37.4 Å². The monoisotopic (exact) mass is 254 g/mol. The minimum Gasteiger partial charge on any atom is -0.456 e. The van der Waals surface area contributed by atoms with Gasteiger partial charge in [-0.15, -0.1) is 0 Å². The van der Waals surface area contributed by atoms with Crippen molar-refractivity contribution in [3.63, 3.8) is 0 Å². The van der Waals surface area contributed by atoms with Gasteiger partial charge in [0.15, 0.2) is 5.76 Å². The van der Waals surface area contributed by atoms with Crippen LogP contribution in [0.3, 0.4) is 0 Å². The van der Waals surface area contributed by atoms with Crippen molar-refractivity contribution < 1.29 is 14.0 Å². The van der Waals surface area contributed by atoms with Gasteiger partial charge in [0, 0.05) is 19.2 Å². The summed E-state index contributed by atoms with van der Waals surface area (Å²) >= 11 is 0. The molecule has 0 spiro atoms. The fourth-order valence-electron chi connectivity index (χ4n) is 1.53. The maximum absolute atomic E-state index is 11.3. The van der Waals surface area contributed by atoms with E-state index in [-0.39, 0.29) is 18.2 Å². The predicted octanol–water partition coefficient (Wildman–Crippen LogP) is -0.631. The van der Waals surface area contributed by atoms with Gasteiger partial charge in [-0.25, -0.2) is 5.84 Å². The van der Waals surface area contributed by atoms with Crippen molar-refractivity contribution in [2.75, 3.05) is 20.6 Å². The molecule has 0 saturated heterocycles. The summed E-state index contributed by atoms with van der Waals surface area (Å²) in [4.78, 5) is 24.3. The lowest BCUT2D eigenvalue weighted by Crippen LogP contribution is -2.32. The van der Waals surface area contributed by atoms with E-state index >= 15 is 0 Å². The molecule has 1 rings (SSSR count). The third-order valence-electron chi connectivity index (χ3n) is 2.51. The number of hydrogen-bond acceptors (Lipinski definition) is 5. The van der Waals surface area contributed by atoms with Crippen molar-refractivity contribution in [2.45, 2.75) is 13.5 Å². The number of nitrogens with one attached hydrogen (secondary N) is 2. The van der Waals surface area contributed by atoms with E-state index in [9.17, 15) is 9.59 Å². The molecule has 1 aromatic heterocycles. The van der Waals surface area contributed by atoms with E-state index in [1.54, 1.807) is 20.0 Å². The Hall–Kier alpha value is -1.86. The number of nitrogens with two attached hydrogens (primary N) is 1. The van der Waals surface area contributed by atoms with E-state index < -0.39 is 5.91 Å². The molecule has 0 aliphatic carbocycles. The maximum atomic E-state index is 11.3. The van der Waals surface area contributed by atoms with Crippen molar-refractivity contribution in [3.8, 4) is 0 Å². The van der Waals surface area contributed by atoms with Gasteiger partial charge in [-0.05, 0) is 20.0 Å². The van der Waals surface area contributed by atoms with E-state index in [1.165, 1.54) is 0 Å². The molecule has 0 aliphatic rings. The Kier molecular flexibility index (Phi) is 4.87. The number of carbonyl (C=O) groups excluding carboxylic acids is 2. The van der Waals surface area contributed by atoms with Gasteiger partial charge in [-0.1, -0.05) is 0 Å². The Bertz CT molecular complexity index is 441. The maximum Gasteiger partial charge on any atom is 0.300 e. The van der Waals surface area contributed by atoms with Crippen LogP contribution in [0.25, 0.3) is 0 Å². The first-order valence-corrected chi connectivity index (χ1v) is 5.47. The van der Waals surface area contributed by atoms with Crippen LogP contribution in [0.2, 0.25) is 0 Å². The number of furan rings is 1. The van der Waals surface area contributed by atoms with E-state index in [2.05, 4.69) is 5.32 Å². The molecule has 0 radical (unpaired) electrons. The van der Waals surface area contributed by atoms with Crippen LogP contribution >= 0.6 is 0 Å². The molecule has 7 heteroatoms. The molecule has 0 atom stereocenters. The van der Waals surface area contributed by atoms with Crippen molar-refractivity contribution in [3.05, 3.63) is 23.2 Å². The minimum atomic E-state index is -0.474. The third kappa shape index (κ3) is 3.57. The summed E-state index contributed by atoms with van der Waals surface area (Å²) in [6, 6.07) is 1.62. The summed E-state index contributed by atoms with van der Waals surface area (Å²) in [7, 11) is 3.40. The zero-order valence-corrected chi connectivity index (χ0v) is 10.7. The molecule has 0 unspecified atom stereocenters. The Labute approximate surface area is 105 Å². The highest BCUT2D eigenvalue weighted by atomic mass is 16.4. The van der Waals surface area contributed by atoms with Gasteiger partial charge < -0.3 is 9.73 Å². The van der Waals surface area contributed by atoms with Crippen molar-refractivity contribution in [2.24, 2.45) is 5.84 Å². The zero-order valence-electron chi connectivity index (χ0n) is 10.7. The van der Waals surface area contributed by atoms with E-state index in [0.29, 0.717) is 12.3 Å². The standard InChI is InChI=1S/C11H18N4O3/c1-7-8(4-9(18-7)11(17)14-12)5-15(3)6-10(16)13-2/h4H,5-6,12H2,1-3H3,(H,13,16)(H,14,17). The van der Waals surface area contributed by atoms with E-state index in [0.717, 1.165) is 5.56 Å².